The number of fused-ring (bicyclic) bond motifs is 1. The molecule has 0 saturated heterocycles. The zero-order chi connectivity index (χ0) is 11.2. The van der Waals surface area contributed by atoms with Crippen molar-refractivity contribution in [1.29, 1.82) is 0 Å². The molecule has 2 N–H and O–H groups in total. The molecule has 0 fully saturated rings. The number of aromatic nitrogens is 2. The quantitative estimate of drug-likeness (QED) is 0.668. The molecule has 2 rings (SSSR count). The smallest absolute Gasteiger partial charge is 0.0946 e. The van der Waals surface area contributed by atoms with Crippen molar-refractivity contribution < 1.29 is 0 Å². The Hall–Kier alpha value is -1.51. The first-order valence-corrected chi connectivity index (χ1v) is 5.12. The van der Waals surface area contributed by atoms with E-state index >= 15 is 0 Å². The maximum Gasteiger partial charge on any atom is 0.0946 e. The van der Waals surface area contributed by atoms with Gasteiger partial charge in [0, 0.05) is 23.5 Å². The molecule has 0 aliphatic heterocycles. The van der Waals surface area contributed by atoms with Crippen LogP contribution in [0.25, 0.3) is 10.9 Å². The number of hydrogen-bond acceptors (Lipinski definition) is 2. The van der Waals surface area contributed by atoms with E-state index in [4.69, 9.17) is 5.73 Å². The molecule has 1 aromatic heterocycles. The molecule has 0 bridgehead atoms. The van der Waals surface area contributed by atoms with Gasteiger partial charge < -0.3 is 5.73 Å². The van der Waals surface area contributed by atoms with E-state index in [0.717, 1.165) is 11.2 Å². The van der Waals surface area contributed by atoms with Gasteiger partial charge in [-0.3, -0.25) is 4.68 Å². The molecule has 0 atom stereocenters. The Labute approximate surface area is 89.9 Å². The molecule has 0 aliphatic rings. The van der Waals surface area contributed by atoms with Gasteiger partial charge >= 0.3 is 0 Å². The van der Waals surface area contributed by atoms with Crippen LogP contribution >= 0.6 is 0 Å². The van der Waals surface area contributed by atoms with Crippen LogP contribution < -0.4 is 5.73 Å². The molecular weight excluding hydrogens is 186 g/mol. The molecule has 0 saturated carbocycles. The van der Waals surface area contributed by atoms with Crippen LogP contribution in [0.2, 0.25) is 0 Å². The number of anilines is 1. The van der Waals surface area contributed by atoms with E-state index in [1.165, 1.54) is 11.1 Å². The number of hydrogen-bond donors (Lipinski definition) is 1. The molecule has 0 aliphatic carbocycles. The Morgan fingerprint density at radius 2 is 1.93 bits per heavy atom. The summed E-state index contributed by atoms with van der Waals surface area (Å²) in [6.07, 6.45) is 0. The summed E-state index contributed by atoms with van der Waals surface area (Å²) in [5.74, 6) is 0. The second kappa shape index (κ2) is 2.99. The third kappa shape index (κ3) is 1.58. The van der Waals surface area contributed by atoms with Crippen molar-refractivity contribution in [3.05, 3.63) is 23.9 Å². The lowest BCUT2D eigenvalue weighted by atomic mass is 9.89. The van der Waals surface area contributed by atoms with Gasteiger partial charge in [-0.1, -0.05) is 20.8 Å². The van der Waals surface area contributed by atoms with E-state index in [9.17, 15) is 0 Å². The number of nitrogen functional groups attached to an aromatic ring is 1. The molecule has 80 valence electrons. The lowest BCUT2D eigenvalue weighted by Gasteiger charge is -2.19. The normalized spacial score (nSPS) is 12.3. The minimum Gasteiger partial charge on any atom is -0.399 e. The van der Waals surface area contributed by atoms with Gasteiger partial charge in [0.1, 0.15) is 0 Å². The number of benzene rings is 1. The number of aryl methyl sites for hydroxylation is 1. The van der Waals surface area contributed by atoms with Crippen LogP contribution in [0.4, 0.5) is 5.69 Å². The first-order valence-electron chi connectivity index (χ1n) is 5.12. The summed E-state index contributed by atoms with van der Waals surface area (Å²) in [4.78, 5) is 0. The topological polar surface area (TPSA) is 43.8 Å². The highest BCUT2D eigenvalue weighted by atomic mass is 15.3. The molecule has 0 spiro atoms. The van der Waals surface area contributed by atoms with Gasteiger partial charge in [-0.15, -0.1) is 0 Å². The number of nitrogens with zero attached hydrogens (tertiary/aromatic N) is 2. The van der Waals surface area contributed by atoms with E-state index in [1.807, 2.05) is 23.9 Å². The highest BCUT2D eigenvalue weighted by Gasteiger charge is 2.21. The van der Waals surface area contributed by atoms with Gasteiger partial charge in [0.05, 0.1) is 11.2 Å². The third-order valence-electron chi connectivity index (χ3n) is 2.57. The molecular formula is C12H17N3. The van der Waals surface area contributed by atoms with Crippen molar-refractivity contribution in [3.63, 3.8) is 0 Å². The third-order valence-corrected chi connectivity index (χ3v) is 2.57. The zero-order valence-electron chi connectivity index (χ0n) is 9.70. The summed E-state index contributed by atoms with van der Waals surface area (Å²) in [7, 11) is 1.98. The Morgan fingerprint density at radius 1 is 1.27 bits per heavy atom. The van der Waals surface area contributed by atoms with E-state index in [-0.39, 0.29) is 5.41 Å². The van der Waals surface area contributed by atoms with Crippen molar-refractivity contribution in [2.75, 3.05) is 5.73 Å². The maximum absolute atomic E-state index is 5.74. The molecule has 3 heteroatoms. The molecule has 3 nitrogen and oxygen atoms in total. The maximum atomic E-state index is 5.74. The van der Waals surface area contributed by atoms with Crippen LogP contribution in [0.15, 0.2) is 18.2 Å². The average molecular weight is 203 g/mol. The monoisotopic (exact) mass is 203 g/mol. The van der Waals surface area contributed by atoms with Crippen molar-refractivity contribution in [2.24, 2.45) is 7.05 Å². The van der Waals surface area contributed by atoms with Crippen LogP contribution in [-0.2, 0) is 12.5 Å². The highest BCUT2D eigenvalue weighted by molar-refractivity contribution is 5.85. The van der Waals surface area contributed by atoms with Crippen molar-refractivity contribution in [3.8, 4) is 0 Å². The standard InChI is InChI=1S/C12H17N3/c1-12(2,3)11-9-6-5-8(13)7-10(9)14-15(11)4/h5-7H,13H2,1-4H3. The van der Waals surface area contributed by atoms with Crippen molar-refractivity contribution >= 4 is 16.6 Å². The van der Waals surface area contributed by atoms with Crippen LogP contribution in [0.1, 0.15) is 26.5 Å². The first kappa shape index (κ1) is 10.0. The minimum absolute atomic E-state index is 0.0968. The highest BCUT2D eigenvalue weighted by Crippen LogP contribution is 2.30. The zero-order valence-corrected chi connectivity index (χ0v) is 9.70. The molecule has 0 radical (unpaired) electrons. The van der Waals surface area contributed by atoms with E-state index in [2.05, 4.69) is 31.9 Å². The summed E-state index contributed by atoms with van der Waals surface area (Å²) >= 11 is 0. The van der Waals surface area contributed by atoms with Crippen LogP contribution in [0.3, 0.4) is 0 Å². The Balaban J connectivity index is 2.80. The lowest BCUT2D eigenvalue weighted by Crippen LogP contribution is -2.16. The Bertz CT molecular complexity index is 503. The molecule has 0 unspecified atom stereocenters. The summed E-state index contributed by atoms with van der Waals surface area (Å²) in [6, 6.07) is 5.90. The van der Waals surface area contributed by atoms with E-state index in [1.54, 1.807) is 0 Å². The lowest BCUT2D eigenvalue weighted by molar-refractivity contribution is 0.528. The fourth-order valence-electron chi connectivity index (χ4n) is 2.11. The average Bonchev–Trinajstić information content (AvgIpc) is 2.38. The van der Waals surface area contributed by atoms with Gasteiger partial charge in [-0.2, -0.15) is 5.10 Å². The van der Waals surface area contributed by atoms with Crippen LogP contribution in [0, 0.1) is 0 Å². The Morgan fingerprint density at radius 3 is 2.53 bits per heavy atom. The summed E-state index contributed by atoms with van der Waals surface area (Å²) in [5, 5.41) is 5.67. The number of rotatable bonds is 0. The van der Waals surface area contributed by atoms with Crippen LogP contribution in [-0.4, -0.2) is 9.78 Å². The Kier molecular flexibility index (Phi) is 2.00. The van der Waals surface area contributed by atoms with Gasteiger partial charge in [0.15, 0.2) is 0 Å². The first-order chi connectivity index (χ1) is 6.89. The van der Waals surface area contributed by atoms with Crippen molar-refractivity contribution in [2.45, 2.75) is 26.2 Å². The predicted octanol–water partition coefficient (Wildman–Crippen LogP) is 2.45. The minimum atomic E-state index is 0.0968. The molecule has 0 amide bonds. The van der Waals surface area contributed by atoms with E-state index < -0.39 is 0 Å². The van der Waals surface area contributed by atoms with Crippen LogP contribution in [0.5, 0.6) is 0 Å². The fourth-order valence-corrected chi connectivity index (χ4v) is 2.11. The SMILES string of the molecule is Cn1nc2cc(N)ccc2c1C(C)(C)C. The summed E-state index contributed by atoms with van der Waals surface area (Å²) < 4.78 is 1.95. The van der Waals surface area contributed by atoms with E-state index in [0.29, 0.717) is 0 Å². The van der Waals surface area contributed by atoms with Crippen molar-refractivity contribution in [1.82, 2.24) is 9.78 Å². The van der Waals surface area contributed by atoms with Gasteiger partial charge in [0.2, 0.25) is 0 Å². The summed E-state index contributed by atoms with van der Waals surface area (Å²) in [6.45, 7) is 6.58. The molecule has 2 aromatic rings. The second-order valence-corrected chi connectivity index (χ2v) is 5.00. The number of nitrogens with two attached hydrogens (primary N) is 1. The predicted molar refractivity (Wildman–Crippen MR) is 63.8 cm³/mol. The van der Waals surface area contributed by atoms with Gasteiger partial charge in [-0.25, -0.2) is 0 Å². The fraction of sp³-hybridized carbons (Fsp3) is 0.417. The van der Waals surface area contributed by atoms with Gasteiger partial charge in [0.25, 0.3) is 0 Å². The van der Waals surface area contributed by atoms with Gasteiger partial charge in [-0.05, 0) is 18.2 Å². The largest absolute Gasteiger partial charge is 0.399 e. The molecule has 1 heterocycles. The molecule has 15 heavy (non-hydrogen) atoms. The summed E-state index contributed by atoms with van der Waals surface area (Å²) in [5.41, 5.74) is 8.83. The second-order valence-electron chi connectivity index (χ2n) is 5.00. The molecule has 1 aromatic carbocycles.